The molecule has 0 unspecified atom stereocenters. The predicted molar refractivity (Wildman–Crippen MR) is 70.7 cm³/mol. The Bertz CT molecular complexity index is 543. The number of hydrogen-bond acceptors (Lipinski definition) is 4. The molecule has 1 aliphatic rings. The monoisotopic (exact) mass is 276 g/mol. The summed E-state index contributed by atoms with van der Waals surface area (Å²) in [5.41, 5.74) is -0.403. The SMILES string of the molecule is CC[C@]1(c2ccccc2)NC(=O)N(CC(=O)OC)C1=O. The molecule has 6 heteroatoms. The van der Waals surface area contributed by atoms with Crippen molar-refractivity contribution in [3.63, 3.8) is 0 Å². The molecule has 106 valence electrons. The molecule has 3 amide bonds. The Kier molecular flexibility index (Phi) is 3.74. The lowest BCUT2D eigenvalue weighted by molar-refractivity contribution is -0.145. The third-order valence-corrected chi connectivity index (χ3v) is 3.49. The molecule has 1 heterocycles. The van der Waals surface area contributed by atoms with Crippen LogP contribution in [-0.2, 0) is 19.9 Å². The van der Waals surface area contributed by atoms with Crippen LogP contribution in [-0.4, -0.2) is 36.5 Å². The molecule has 0 aromatic heterocycles. The average Bonchev–Trinajstić information content (AvgIpc) is 2.73. The molecule has 1 fully saturated rings. The molecule has 1 aliphatic heterocycles. The van der Waals surface area contributed by atoms with Crippen LogP contribution in [0.4, 0.5) is 4.79 Å². The minimum absolute atomic E-state index is 0.379. The standard InChI is InChI=1S/C14H16N2O4/c1-3-14(10-7-5-4-6-8-10)12(18)16(13(19)15-14)9-11(17)20-2/h4-8H,3,9H2,1-2H3,(H,15,19)/t14-/m1/s1. The van der Waals surface area contributed by atoms with Crippen LogP contribution in [0.25, 0.3) is 0 Å². The number of carbonyl (C=O) groups is 3. The van der Waals surface area contributed by atoms with Gasteiger partial charge in [0.1, 0.15) is 12.1 Å². The van der Waals surface area contributed by atoms with Gasteiger partial charge in [0, 0.05) is 0 Å². The Labute approximate surface area is 116 Å². The number of urea groups is 1. The first-order chi connectivity index (χ1) is 9.55. The summed E-state index contributed by atoms with van der Waals surface area (Å²) in [4.78, 5) is 36.7. The fraction of sp³-hybridized carbons (Fsp3) is 0.357. The summed E-state index contributed by atoms with van der Waals surface area (Å²) in [7, 11) is 1.21. The molecular formula is C14H16N2O4. The van der Waals surface area contributed by atoms with Gasteiger partial charge in [-0.15, -0.1) is 0 Å². The van der Waals surface area contributed by atoms with E-state index in [1.807, 2.05) is 13.0 Å². The van der Waals surface area contributed by atoms with Crippen molar-refractivity contribution in [2.75, 3.05) is 13.7 Å². The number of esters is 1. The molecule has 1 atom stereocenters. The van der Waals surface area contributed by atoms with E-state index in [0.717, 1.165) is 4.90 Å². The maximum Gasteiger partial charge on any atom is 0.325 e. The zero-order valence-corrected chi connectivity index (χ0v) is 11.4. The summed E-state index contributed by atoms with van der Waals surface area (Å²) in [6.45, 7) is 1.43. The predicted octanol–water partition coefficient (Wildman–Crippen LogP) is 1.02. The van der Waals surface area contributed by atoms with Gasteiger partial charge in [0.05, 0.1) is 7.11 Å². The van der Waals surface area contributed by atoms with E-state index in [1.165, 1.54) is 7.11 Å². The number of methoxy groups -OCH3 is 1. The van der Waals surface area contributed by atoms with Gasteiger partial charge in [0.2, 0.25) is 0 Å². The first-order valence-corrected chi connectivity index (χ1v) is 6.31. The summed E-state index contributed by atoms with van der Waals surface area (Å²) >= 11 is 0. The zero-order chi connectivity index (χ0) is 14.8. The van der Waals surface area contributed by atoms with Crippen LogP contribution in [0.15, 0.2) is 30.3 Å². The number of carbonyl (C=O) groups excluding carboxylic acids is 3. The fourth-order valence-electron chi connectivity index (χ4n) is 2.33. The quantitative estimate of drug-likeness (QED) is 0.658. The number of hydrogen-bond donors (Lipinski definition) is 1. The van der Waals surface area contributed by atoms with Crippen molar-refractivity contribution >= 4 is 17.9 Å². The Balaban J connectivity index is 2.36. The second kappa shape index (κ2) is 5.32. The molecule has 1 aromatic carbocycles. The van der Waals surface area contributed by atoms with E-state index in [1.54, 1.807) is 24.3 Å². The van der Waals surface area contributed by atoms with Crippen LogP contribution < -0.4 is 5.32 Å². The molecule has 2 rings (SSSR count). The van der Waals surface area contributed by atoms with Gasteiger partial charge in [-0.2, -0.15) is 0 Å². The van der Waals surface area contributed by atoms with E-state index < -0.39 is 23.4 Å². The highest BCUT2D eigenvalue weighted by Gasteiger charge is 2.51. The lowest BCUT2D eigenvalue weighted by Gasteiger charge is -2.25. The van der Waals surface area contributed by atoms with Crippen LogP contribution in [0.1, 0.15) is 18.9 Å². The van der Waals surface area contributed by atoms with Crippen molar-refractivity contribution in [3.05, 3.63) is 35.9 Å². The molecule has 1 N–H and O–H groups in total. The third kappa shape index (κ3) is 2.13. The van der Waals surface area contributed by atoms with Crippen LogP contribution in [0.5, 0.6) is 0 Å². The number of rotatable bonds is 4. The van der Waals surface area contributed by atoms with Gasteiger partial charge in [-0.3, -0.25) is 14.5 Å². The maximum absolute atomic E-state index is 12.6. The first-order valence-electron chi connectivity index (χ1n) is 6.31. The second-order valence-corrected chi connectivity index (χ2v) is 4.52. The topological polar surface area (TPSA) is 75.7 Å². The van der Waals surface area contributed by atoms with Crippen LogP contribution in [0.3, 0.4) is 0 Å². The van der Waals surface area contributed by atoms with E-state index in [4.69, 9.17) is 0 Å². The van der Waals surface area contributed by atoms with Crippen molar-refractivity contribution in [2.24, 2.45) is 0 Å². The van der Waals surface area contributed by atoms with Gasteiger partial charge in [-0.25, -0.2) is 4.79 Å². The molecular weight excluding hydrogens is 260 g/mol. The fourth-order valence-corrected chi connectivity index (χ4v) is 2.33. The molecule has 20 heavy (non-hydrogen) atoms. The van der Waals surface area contributed by atoms with Crippen molar-refractivity contribution in [2.45, 2.75) is 18.9 Å². The first kappa shape index (κ1) is 14.0. The number of imide groups is 1. The van der Waals surface area contributed by atoms with E-state index >= 15 is 0 Å². The van der Waals surface area contributed by atoms with Crippen LogP contribution in [0, 0.1) is 0 Å². The molecule has 0 spiro atoms. The van der Waals surface area contributed by atoms with Crippen molar-refractivity contribution in [1.82, 2.24) is 10.2 Å². The van der Waals surface area contributed by atoms with Gasteiger partial charge in [-0.1, -0.05) is 37.3 Å². The van der Waals surface area contributed by atoms with Gasteiger partial charge >= 0.3 is 12.0 Å². The summed E-state index contributed by atoms with van der Waals surface area (Å²) in [6.07, 6.45) is 0.402. The Hall–Kier alpha value is -2.37. The molecule has 6 nitrogen and oxygen atoms in total. The summed E-state index contributed by atoms with van der Waals surface area (Å²) < 4.78 is 4.50. The zero-order valence-electron chi connectivity index (χ0n) is 11.4. The Morgan fingerprint density at radius 1 is 1.30 bits per heavy atom. The highest BCUT2D eigenvalue weighted by Crippen LogP contribution is 2.32. The molecule has 0 saturated carbocycles. The highest BCUT2D eigenvalue weighted by molar-refractivity contribution is 6.09. The molecule has 0 aliphatic carbocycles. The smallest absolute Gasteiger partial charge is 0.325 e. The summed E-state index contributed by atoms with van der Waals surface area (Å²) in [5.74, 6) is -1.06. The van der Waals surface area contributed by atoms with Gasteiger partial charge in [0.25, 0.3) is 5.91 Å². The molecule has 1 aromatic rings. The van der Waals surface area contributed by atoms with E-state index in [0.29, 0.717) is 12.0 Å². The number of ether oxygens (including phenoxy) is 1. The summed E-state index contributed by atoms with van der Waals surface area (Å²) in [6, 6.07) is 8.42. The van der Waals surface area contributed by atoms with E-state index in [9.17, 15) is 14.4 Å². The Morgan fingerprint density at radius 2 is 1.95 bits per heavy atom. The number of nitrogens with zero attached hydrogens (tertiary/aromatic N) is 1. The highest BCUT2D eigenvalue weighted by atomic mass is 16.5. The largest absolute Gasteiger partial charge is 0.468 e. The maximum atomic E-state index is 12.6. The third-order valence-electron chi connectivity index (χ3n) is 3.49. The number of amides is 3. The van der Waals surface area contributed by atoms with E-state index in [-0.39, 0.29) is 6.54 Å². The normalized spacial score (nSPS) is 21.8. The van der Waals surface area contributed by atoms with Gasteiger partial charge in [0.15, 0.2) is 0 Å². The lowest BCUT2D eigenvalue weighted by Crippen LogP contribution is -2.43. The van der Waals surface area contributed by atoms with Crippen molar-refractivity contribution < 1.29 is 19.1 Å². The van der Waals surface area contributed by atoms with Crippen molar-refractivity contribution in [3.8, 4) is 0 Å². The Morgan fingerprint density at radius 3 is 2.50 bits per heavy atom. The average molecular weight is 276 g/mol. The minimum atomic E-state index is -1.10. The summed E-state index contributed by atoms with van der Waals surface area (Å²) in [5, 5.41) is 2.69. The van der Waals surface area contributed by atoms with Gasteiger partial charge < -0.3 is 10.1 Å². The van der Waals surface area contributed by atoms with Crippen LogP contribution in [0.2, 0.25) is 0 Å². The van der Waals surface area contributed by atoms with Crippen LogP contribution >= 0.6 is 0 Å². The van der Waals surface area contributed by atoms with E-state index in [2.05, 4.69) is 10.1 Å². The molecule has 1 saturated heterocycles. The number of benzene rings is 1. The lowest BCUT2D eigenvalue weighted by atomic mass is 9.87. The molecule has 0 radical (unpaired) electrons. The second-order valence-electron chi connectivity index (χ2n) is 4.52. The van der Waals surface area contributed by atoms with Crippen molar-refractivity contribution in [1.29, 1.82) is 0 Å². The number of nitrogens with one attached hydrogen (secondary N) is 1. The van der Waals surface area contributed by atoms with Gasteiger partial charge in [-0.05, 0) is 12.0 Å². The minimum Gasteiger partial charge on any atom is -0.468 e. The molecule has 0 bridgehead atoms.